The van der Waals surface area contributed by atoms with Crippen LogP contribution in [0.25, 0.3) is 0 Å². The number of carbonyl (C=O) groups excluding carboxylic acids is 1. The van der Waals surface area contributed by atoms with Gasteiger partial charge in [-0.3, -0.25) is 4.79 Å². The van der Waals surface area contributed by atoms with Gasteiger partial charge in [0.15, 0.2) is 0 Å². The average molecular weight is 369 g/mol. The Morgan fingerprint density at radius 3 is 2.63 bits per heavy atom. The third-order valence-corrected chi connectivity index (χ3v) is 5.28. The molecule has 8 nitrogen and oxygen atoms in total. The Morgan fingerprint density at radius 1 is 1.07 bits per heavy atom. The molecule has 0 aromatic carbocycles. The van der Waals surface area contributed by atoms with Crippen LogP contribution in [0.15, 0.2) is 30.6 Å². The van der Waals surface area contributed by atoms with Crippen molar-refractivity contribution < 1.29 is 14.3 Å². The molecule has 2 bridgehead atoms. The van der Waals surface area contributed by atoms with Gasteiger partial charge < -0.3 is 19.3 Å². The van der Waals surface area contributed by atoms with E-state index >= 15 is 0 Å². The average Bonchev–Trinajstić information content (AvgIpc) is 3.05. The predicted molar refractivity (Wildman–Crippen MR) is 99.1 cm³/mol. The molecular formula is C19H23N5O3. The molecule has 0 radical (unpaired) electrons. The maximum Gasteiger partial charge on any atom is 0.259 e. The van der Waals surface area contributed by atoms with Gasteiger partial charge in [0, 0.05) is 44.1 Å². The van der Waals surface area contributed by atoms with Gasteiger partial charge in [-0.1, -0.05) is 0 Å². The summed E-state index contributed by atoms with van der Waals surface area (Å²) in [5, 5.41) is 0. The van der Waals surface area contributed by atoms with Crippen LogP contribution in [0.4, 0.5) is 5.95 Å². The number of piperidine rings is 1. The minimum atomic E-state index is -0.0486. The summed E-state index contributed by atoms with van der Waals surface area (Å²) in [6, 6.07) is 5.35. The molecule has 142 valence electrons. The number of ether oxygens (including phenoxy) is 2. The molecule has 5 rings (SSSR count). The van der Waals surface area contributed by atoms with Gasteiger partial charge in [0.05, 0.1) is 14.2 Å². The first-order valence-corrected chi connectivity index (χ1v) is 9.11. The van der Waals surface area contributed by atoms with E-state index in [9.17, 15) is 4.79 Å². The zero-order valence-corrected chi connectivity index (χ0v) is 15.5. The molecule has 0 unspecified atom stereocenters. The van der Waals surface area contributed by atoms with E-state index in [-0.39, 0.29) is 11.9 Å². The largest absolute Gasteiger partial charge is 0.481 e. The third-order valence-electron chi connectivity index (χ3n) is 5.28. The molecule has 1 amide bonds. The van der Waals surface area contributed by atoms with Gasteiger partial charge in [-0.15, -0.1) is 0 Å². The molecule has 2 aromatic heterocycles. The van der Waals surface area contributed by atoms with E-state index in [2.05, 4.69) is 19.9 Å². The number of anilines is 1. The van der Waals surface area contributed by atoms with Crippen LogP contribution >= 0.6 is 0 Å². The number of carbonyl (C=O) groups is 1. The summed E-state index contributed by atoms with van der Waals surface area (Å²) in [5.41, 5.74) is 0.466. The fraction of sp³-hybridized carbons (Fsp3) is 0.474. The molecule has 2 aromatic rings. The second kappa shape index (κ2) is 7.38. The van der Waals surface area contributed by atoms with Crippen LogP contribution in [-0.4, -0.2) is 65.7 Å². The number of methoxy groups -OCH3 is 2. The summed E-state index contributed by atoms with van der Waals surface area (Å²) in [6.45, 7) is 2.32. The van der Waals surface area contributed by atoms with Crippen molar-refractivity contribution in [1.82, 2.24) is 19.9 Å². The lowest BCUT2D eigenvalue weighted by Crippen LogP contribution is -2.47. The maximum absolute atomic E-state index is 13.3. The summed E-state index contributed by atoms with van der Waals surface area (Å²) in [4.78, 5) is 30.5. The van der Waals surface area contributed by atoms with Gasteiger partial charge in [0.1, 0.15) is 5.56 Å². The number of nitrogens with zero attached hydrogens (tertiary/aromatic N) is 5. The number of fused-ring (bicyclic) bond motifs is 4. The van der Waals surface area contributed by atoms with Crippen LogP contribution in [-0.2, 0) is 0 Å². The van der Waals surface area contributed by atoms with Gasteiger partial charge >= 0.3 is 0 Å². The zero-order chi connectivity index (χ0) is 18.8. The highest BCUT2D eigenvalue weighted by molar-refractivity contribution is 5.96. The first-order chi connectivity index (χ1) is 13.2. The molecule has 3 aliphatic rings. The fourth-order valence-corrected chi connectivity index (χ4v) is 3.96. The van der Waals surface area contributed by atoms with Crippen LogP contribution in [0, 0.1) is 5.92 Å². The lowest BCUT2D eigenvalue weighted by atomic mass is 9.94. The van der Waals surface area contributed by atoms with E-state index in [1.165, 1.54) is 14.2 Å². The van der Waals surface area contributed by atoms with E-state index in [1.54, 1.807) is 24.5 Å². The van der Waals surface area contributed by atoms with Crippen LogP contribution in [0.2, 0.25) is 0 Å². The molecule has 5 heterocycles. The molecule has 3 fully saturated rings. The summed E-state index contributed by atoms with van der Waals surface area (Å²) < 4.78 is 10.5. The van der Waals surface area contributed by atoms with Gasteiger partial charge in [-0.05, 0) is 30.9 Å². The summed E-state index contributed by atoms with van der Waals surface area (Å²) in [6.07, 6.45) is 5.60. The highest BCUT2D eigenvalue weighted by atomic mass is 16.5. The zero-order valence-electron chi connectivity index (χ0n) is 15.5. The molecule has 3 saturated heterocycles. The maximum atomic E-state index is 13.3. The van der Waals surface area contributed by atoms with E-state index in [1.807, 2.05) is 11.0 Å². The third kappa shape index (κ3) is 3.39. The highest BCUT2D eigenvalue weighted by Crippen LogP contribution is 2.32. The SMILES string of the molecule is COc1ccc(C(=O)N2C[C@H]3CC[C@@H]2CN(c2ncccn2)C3)c(OC)n1. The normalized spacial score (nSPS) is 21.7. The number of pyridine rings is 1. The summed E-state index contributed by atoms with van der Waals surface area (Å²) in [5.74, 6) is 1.80. The van der Waals surface area contributed by atoms with Crippen molar-refractivity contribution in [2.45, 2.75) is 18.9 Å². The van der Waals surface area contributed by atoms with Crippen LogP contribution in [0.1, 0.15) is 23.2 Å². The molecule has 8 heteroatoms. The number of amides is 1. The van der Waals surface area contributed by atoms with E-state index in [4.69, 9.17) is 9.47 Å². The van der Waals surface area contributed by atoms with Crippen LogP contribution in [0.5, 0.6) is 11.8 Å². The van der Waals surface area contributed by atoms with Crippen LogP contribution < -0.4 is 14.4 Å². The Balaban J connectivity index is 1.59. The molecule has 0 N–H and O–H groups in total. The Bertz CT molecular complexity index is 816. The predicted octanol–water partition coefficient (Wildman–Crippen LogP) is 1.63. The fourth-order valence-electron chi connectivity index (χ4n) is 3.96. The highest BCUT2D eigenvalue weighted by Gasteiger charge is 2.39. The van der Waals surface area contributed by atoms with Crippen molar-refractivity contribution in [2.75, 3.05) is 38.8 Å². The second-order valence-electron chi connectivity index (χ2n) is 6.92. The van der Waals surface area contributed by atoms with E-state index in [0.717, 1.165) is 38.4 Å². The Labute approximate surface area is 158 Å². The van der Waals surface area contributed by atoms with Gasteiger partial charge in [0.25, 0.3) is 5.91 Å². The van der Waals surface area contributed by atoms with Crippen molar-refractivity contribution in [2.24, 2.45) is 5.92 Å². The first kappa shape index (κ1) is 17.5. The van der Waals surface area contributed by atoms with Gasteiger partial charge in [0.2, 0.25) is 17.7 Å². The van der Waals surface area contributed by atoms with Gasteiger partial charge in [-0.2, -0.15) is 4.98 Å². The monoisotopic (exact) mass is 369 g/mol. The van der Waals surface area contributed by atoms with Crippen LogP contribution in [0.3, 0.4) is 0 Å². The number of rotatable bonds is 4. The van der Waals surface area contributed by atoms with Gasteiger partial charge in [-0.25, -0.2) is 9.97 Å². The van der Waals surface area contributed by atoms with Crippen molar-refractivity contribution in [3.8, 4) is 11.8 Å². The van der Waals surface area contributed by atoms with Crippen molar-refractivity contribution in [1.29, 1.82) is 0 Å². The Kier molecular flexibility index (Phi) is 4.79. The van der Waals surface area contributed by atoms with E-state index < -0.39 is 0 Å². The number of hydrogen-bond acceptors (Lipinski definition) is 7. The molecule has 0 aliphatic carbocycles. The molecule has 0 saturated carbocycles. The second-order valence-corrected chi connectivity index (χ2v) is 6.92. The summed E-state index contributed by atoms with van der Waals surface area (Å²) in [7, 11) is 3.05. The van der Waals surface area contributed by atoms with Crippen molar-refractivity contribution in [3.63, 3.8) is 0 Å². The minimum Gasteiger partial charge on any atom is -0.481 e. The molecule has 2 atom stereocenters. The van der Waals surface area contributed by atoms with Crippen molar-refractivity contribution in [3.05, 3.63) is 36.2 Å². The van der Waals surface area contributed by atoms with E-state index in [0.29, 0.717) is 23.2 Å². The quantitative estimate of drug-likeness (QED) is 0.810. The molecule has 27 heavy (non-hydrogen) atoms. The molecule has 3 aliphatic heterocycles. The minimum absolute atomic E-state index is 0.0486. The molecule has 0 spiro atoms. The summed E-state index contributed by atoms with van der Waals surface area (Å²) >= 11 is 0. The number of hydrogen-bond donors (Lipinski definition) is 0. The topological polar surface area (TPSA) is 80.7 Å². The standard InChI is InChI=1S/C19H23N5O3/c1-26-16-7-6-15(17(22-16)27-2)18(25)24-11-13-4-5-14(24)12-23(10-13)19-20-8-3-9-21-19/h3,6-9,13-14H,4-5,10-12H2,1-2H3/t13-,14+/m0/s1. The first-order valence-electron chi connectivity index (χ1n) is 9.11. The molecular weight excluding hydrogens is 346 g/mol. The number of aromatic nitrogens is 3. The smallest absolute Gasteiger partial charge is 0.259 e. The lowest BCUT2D eigenvalue weighted by Gasteiger charge is -2.36. The Morgan fingerprint density at radius 2 is 1.89 bits per heavy atom. The lowest BCUT2D eigenvalue weighted by molar-refractivity contribution is 0.0587. The Hall–Kier alpha value is -2.90. The van der Waals surface area contributed by atoms with Crippen molar-refractivity contribution >= 4 is 11.9 Å².